The maximum atomic E-state index is 13.2. The van der Waals surface area contributed by atoms with Gasteiger partial charge in [0.1, 0.15) is 11.6 Å². The first-order valence-corrected chi connectivity index (χ1v) is 13.6. The normalized spacial score (nSPS) is 23.4. The number of carbonyl (C=O) groups excluding carboxylic acids is 2. The lowest BCUT2D eigenvalue weighted by Gasteiger charge is -2.23. The van der Waals surface area contributed by atoms with Gasteiger partial charge in [0.05, 0.1) is 23.8 Å². The van der Waals surface area contributed by atoms with Gasteiger partial charge in [0.25, 0.3) is 11.8 Å². The Labute approximate surface area is 219 Å². The molecule has 2 aliphatic heterocycles. The molecule has 37 heavy (non-hydrogen) atoms. The third kappa shape index (κ3) is 4.91. The number of anilines is 1. The predicted octanol–water partition coefficient (Wildman–Crippen LogP) is 3.33. The largest absolute Gasteiger partial charge is 0.493 e. The number of hydrogen-bond donors (Lipinski definition) is 2. The average molecular weight is 506 g/mol. The molecule has 198 valence electrons. The zero-order chi connectivity index (χ0) is 26.2. The lowest BCUT2D eigenvalue weighted by Crippen LogP contribution is -2.38. The van der Waals surface area contributed by atoms with Gasteiger partial charge in [-0.25, -0.2) is 4.98 Å². The van der Waals surface area contributed by atoms with Crippen LogP contribution in [0.3, 0.4) is 0 Å². The molecule has 2 amide bonds. The number of hydrogen-bond acceptors (Lipinski definition) is 6. The number of carbonyl (C=O) groups is 2. The van der Waals surface area contributed by atoms with Crippen LogP contribution in [0.2, 0.25) is 0 Å². The molecule has 0 spiro atoms. The highest BCUT2D eigenvalue weighted by Gasteiger charge is 2.67. The van der Waals surface area contributed by atoms with Crippen molar-refractivity contribution >= 4 is 17.6 Å². The molecule has 8 heteroatoms. The minimum atomic E-state index is -0.0814. The third-order valence-electron chi connectivity index (χ3n) is 8.14. The van der Waals surface area contributed by atoms with Crippen LogP contribution in [0.1, 0.15) is 70.9 Å². The molecule has 0 radical (unpaired) electrons. The Morgan fingerprint density at radius 2 is 2.05 bits per heavy atom. The quantitative estimate of drug-likeness (QED) is 0.381. The lowest BCUT2D eigenvalue weighted by molar-refractivity contribution is 0.0931. The molecule has 2 N–H and O–H groups in total. The van der Waals surface area contributed by atoms with Crippen LogP contribution in [-0.2, 0) is 6.42 Å². The van der Waals surface area contributed by atoms with Gasteiger partial charge in [0.15, 0.2) is 0 Å². The van der Waals surface area contributed by atoms with Crippen molar-refractivity contribution in [1.29, 1.82) is 0 Å². The van der Waals surface area contributed by atoms with Crippen molar-refractivity contribution in [3.63, 3.8) is 0 Å². The molecule has 1 saturated carbocycles. The van der Waals surface area contributed by atoms with E-state index in [0.29, 0.717) is 30.3 Å². The van der Waals surface area contributed by atoms with Gasteiger partial charge in [-0.2, -0.15) is 0 Å². The number of nitrogens with zero attached hydrogens (tertiary/aromatic N) is 3. The first kappa shape index (κ1) is 25.5. The fraction of sp³-hybridized carbons (Fsp3) is 0.552. The number of nitrogens with one attached hydrogen (secondary N) is 2. The summed E-state index contributed by atoms with van der Waals surface area (Å²) in [6.45, 7) is 6.47. The van der Waals surface area contributed by atoms with Crippen molar-refractivity contribution in [2.24, 2.45) is 0 Å². The maximum absolute atomic E-state index is 13.2. The van der Waals surface area contributed by atoms with Crippen LogP contribution in [0.4, 0.5) is 5.82 Å². The van der Waals surface area contributed by atoms with Crippen molar-refractivity contribution < 1.29 is 14.3 Å². The van der Waals surface area contributed by atoms with Crippen LogP contribution in [-0.4, -0.2) is 73.1 Å². The molecule has 1 aromatic heterocycles. The van der Waals surface area contributed by atoms with Crippen molar-refractivity contribution in [3.8, 4) is 5.75 Å². The Morgan fingerprint density at radius 3 is 2.78 bits per heavy atom. The molecule has 1 aliphatic carbocycles. The summed E-state index contributed by atoms with van der Waals surface area (Å²) in [5.41, 5.74) is 3.45. The van der Waals surface area contributed by atoms with Crippen LogP contribution >= 0.6 is 0 Å². The molecule has 1 aromatic carbocycles. The Balaban J connectivity index is 1.20. The van der Waals surface area contributed by atoms with E-state index < -0.39 is 0 Å². The van der Waals surface area contributed by atoms with Gasteiger partial charge in [-0.1, -0.05) is 19.4 Å². The number of rotatable bonds is 10. The summed E-state index contributed by atoms with van der Waals surface area (Å²) in [4.78, 5) is 34.8. The highest BCUT2D eigenvalue weighted by Crippen LogP contribution is 2.57. The van der Waals surface area contributed by atoms with Gasteiger partial charge in [0.2, 0.25) is 0 Å². The summed E-state index contributed by atoms with van der Waals surface area (Å²) in [7, 11) is 4.05. The molecule has 3 unspecified atom stereocenters. The SMILES string of the molecule is CCCC12CC(NC(=O)c3ccc4c(c3C)OCC4)CC1N2c1ccc(C(=O)NCCCN(C)C)cn1. The maximum Gasteiger partial charge on any atom is 0.252 e. The van der Waals surface area contributed by atoms with E-state index in [9.17, 15) is 9.59 Å². The van der Waals surface area contributed by atoms with E-state index >= 15 is 0 Å². The van der Waals surface area contributed by atoms with Gasteiger partial charge >= 0.3 is 0 Å². The molecule has 1 saturated heterocycles. The Morgan fingerprint density at radius 1 is 1.22 bits per heavy atom. The monoisotopic (exact) mass is 505 g/mol. The number of pyridine rings is 1. The molecule has 3 atom stereocenters. The van der Waals surface area contributed by atoms with Crippen molar-refractivity contribution in [2.45, 2.75) is 70.0 Å². The summed E-state index contributed by atoms with van der Waals surface area (Å²) < 4.78 is 5.76. The molecule has 0 bridgehead atoms. The summed E-state index contributed by atoms with van der Waals surface area (Å²) in [5, 5.41) is 6.28. The standard InChI is InChI=1S/C29H39N5O3/c1-5-12-29-17-22(32-28(36)23-9-7-20-11-15-37-26(20)19(23)2)16-24(29)34(29)25-10-8-21(18-31-25)27(35)30-13-6-14-33(3)4/h7-10,18,22,24H,5-6,11-17H2,1-4H3,(H,30,35)(H,32,36). The number of amides is 2. The van der Waals surface area contributed by atoms with Crippen LogP contribution in [0.5, 0.6) is 5.75 Å². The first-order valence-electron chi connectivity index (χ1n) is 13.6. The zero-order valence-corrected chi connectivity index (χ0v) is 22.5. The van der Waals surface area contributed by atoms with Crippen LogP contribution in [0.25, 0.3) is 0 Å². The molecule has 2 fully saturated rings. The Bertz CT molecular complexity index is 1160. The van der Waals surface area contributed by atoms with E-state index in [1.165, 1.54) is 5.56 Å². The summed E-state index contributed by atoms with van der Waals surface area (Å²) in [6.07, 6.45) is 7.46. The van der Waals surface area contributed by atoms with Crippen LogP contribution in [0, 0.1) is 6.92 Å². The van der Waals surface area contributed by atoms with Crippen molar-refractivity contribution in [2.75, 3.05) is 38.7 Å². The summed E-state index contributed by atoms with van der Waals surface area (Å²) in [5.74, 6) is 1.70. The average Bonchev–Trinajstić information content (AvgIpc) is 3.19. The second-order valence-corrected chi connectivity index (χ2v) is 11.0. The molecule has 5 rings (SSSR count). The Hall–Kier alpha value is -3.13. The number of ether oxygens (including phenoxy) is 1. The second-order valence-electron chi connectivity index (χ2n) is 11.0. The van der Waals surface area contributed by atoms with Gasteiger partial charge in [-0.05, 0) is 77.0 Å². The molecule has 3 aliphatic rings. The fourth-order valence-corrected chi connectivity index (χ4v) is 6.38. The zero-order valence-electron chi connectivity index (χ0n) is 22.5. The minimum Gasteiger partial charge on any atom is -0.493 e. The highest BCUT2D eigenvalue weighted by molar-refractivity contribution is 5.97. The van der Waals surface area contributed by atoms with Gasteiger partial charge in [-0.3, -0.25) is 9.59 Å². The predicted molar refractivity (Wildman–Crippen MR) is 145 cm³/mol. The molecular formula is C29H39N5O3. The number of piperidine rings is 1. The van der Waals surface area contributed by atoms with Gasteiger partial charge in [-0.15, -0.1) is 0 Å². The minimum absolute atomic E-state index is 0.0145. The highest BCUT2D eigenvalue weighted by atomic mass is 16.5. The van der Waals surface area contributed by atoms with E-state index in [0.717, 1.165) is 62.2 Å². The molecular weight excluding hydrogens is 466 g/mol. The van der Waals surface area contributed by atoms with E-state index in [-0.39, 0.29) is 23.4 Å². The Kier molecular flexibility index (Phi) is 7.12. The summed E-state index contributed by atoms with van der Waals surface area (Å²) in [6, 6.07) is 8.30. The molecule has 2 aromatic rings. The van der Waals surface area contributed by atoms with Crippen LogP contribution in [0.15, 0.2) is 30.5 Å². The van der Waals surface area contributed by atoms with E-state index in [1.54, 1.807) is 6.20 Å². The third-order valence-corrected chi connectivity index (χ3v) is 8.14. The molecule has 8 nitrogen and oxygen atoms in total. The van der Waals surface area contributed by atoms with E-state index in [2.05, 4.69) is 32.3 Å². The topological polar surface area (TPSA) is 86.6 Å². The first-order chi connectivity index (χ1) is 17.8. The van der Waals surface area contributed by atoms with E-state index in [1.807, 2.05) is 45.3 Å². The number of fused-ring (bicyclic) bond motifs is 2. The van der Waals surface area contributed by atoms with Crippen molar-refractivity contribution in [1.82, 2.24) is 20.5 Å². The van der Waals surface area contributed by atoms with Crippen LogP contribution < -0.4 is 20.3 Å². The van der Waals surface area contributed by atoms with E-state index in [4.69, 9.17) is 4.74 Å². The lowest BCUT2D eigenvalue weighted by atomic mass is 9.99. The summed E-state index contributed by atoms with van der Waals surface area (Å²) >= 11 is 0. The van der Waals surface area contributed by atoms with Crippen molar-refractivity contribution in [3.05, 3.63) is 52.7 Å². The number of benzene rings is 1. The smallest absolute Gasteiger partial charge is 0.252 e. The fourth-order valence-electron chi connectivity index (χ4n) is 6.38. The molecule has 3 heterocycles. The second kappa shape index (κ2) is 10.3. The number of aromatic nitrogens is 1. The van der Waals surface area contributed by atoms with Gasteiger partial charge < -0.3 is 25.2 Å². The van der Waals surface area contributed by atoms with Gasteiger partial charge in [0, 0.05) is 36.3 Å².